The lowest BCUT2D eigenvalue weighted by molar-refractivity contribution is -0.894. The Kier molecular flexibility index (Phi) is 5.57. The van der Waals surface area contributed by atoms with E-state index >= 15 is 0 Å². The van der Waals surface area contributed by atoms with Crippen LogP contribution in [0.15, 0.2) is 53.3 Å². The molecule has 2 N–H and O–H groups in total. The highest BCUT2D eigenvalue weighted by atomic mass is 35.5. The normalized spacial score (nSPS) is 12.4. The van der Waals surface area contributed by atoms with Gasteiger partial charge in [0.2, 0.25) is 0 Å². The number of H-pyrrole nitrogens is 1. The van der Waals surface area contributed by atoms with Crippen LogP contribution in [-0.2, 0) is 6.54 Å². The number of hydrogen-bond acceptors (Lipinski definition) is 1. The summed E-state index contributed by atoms with van der Waals surface area (Å²) in [4.78, 5) is 18.0. The molecule has 2 aromatic carbocycles. The first kappa shape index (κ1) is 17.7. The predicted octanol–water partition coefficient (Wildman–Crippen LogP) is 3.66. The number of unbranched alkanes of at least 4 members (excludes halogenated alkanes) is 1. The lowest BCUT2D eigenvalue weighted by atomic mass is 10.0. The van der Waals surface area contributed by atoms with E-state index in [2.05, 4.69) is 19.0 Å². The maximum absolute atomic E-state index is 13.2. The summed E-state index contributed by atoms with van der Waals surface area (Å²) in [6, 6.07) is 15.5. The van der Waals surface area contributed by atoms with E-state index < -0.39 is 0 Å². The Balaban J connectivity index is 2.16. The molecule has 130 valence electrons. The van der Waals surface area contributed by atoms with Crippen molar-refractivity contribution in [2.24, 2.45) is 0 Å². The Morgan fingerprint density at radius 3 is 2.60 bits per heavy atom. The molecule has 0 radical (unpaired) electrons. The van der Waals surface area contributed by atoms with E-state index in [9.17, 15) is 4.79 Å². The monoisotopic (exact) mass is 355 g/mol. The third-order valence-corrected chi connectivity index (χ3v) is 4.79. The van der Waals surface area contributed by atoms with Crippen molar-refractivity contribution in [3.05, 3.63) is 69.3 Å². The molecule has 1 atom stereocenters. The molecule has 4 heteroatoms. The van der Waals surface area contributed by atoms with Crippen molar-refractivity contribution in [1.29, 1.82) is 0 Å². The molecule has 3 nitrogen and oxygen atoms in total. The fourth-order valence-electron chi connectivity index (χ4n) is 3.19. The van der Waals surface area contributed by atoms with Gasteiger partial charge in [-0.2, -0.15) is 0 Å². The van der Waals surface area contributed by atoms with E-state index in [4.69, 9.17) is 11.6 Å². The van der Waals surface area contributed by atoms with Gasteiger partial charge in [0, 0.05) is 15.9 Å². The smallest absolute Gasteiger partial charge is 0.198 e. The summed E-state index contributed by atoms with van der Waals surface area (Å²) in [6.45, 7) is 3.94. The molecule has 0 amide bonds. The van der Waals surface area contributed by atoms with Crippen LogP contribution < -0.4 is 10.3 Å². The van der Waals surface area contributed by atoms with E-state index in [0.29, 0.717) is 17.0 Å². The largest absolute Gasteiger partial charge is 0.354 e. The number of nitrogens with one attached hydrogen (secondary N) is 2. The number of halogens is 1. The van der Waals surface area contributed by atoms with Crippen LogP contribution in [0.3, 0.4) is 0 Å². The third kappa shape index (κ3) is 3.94. The van der Waals surface area contributed by atoms with Gasteiger partial charge in [-0.1, -0.05) is 55.3 Å². The Labute approximate surface area is 153 Å². The summed E-state index contributed by atoms with van der Waals surface area (Å²) in [6.07, 6.45) is 2.32. The number of hydrogen-bond donors (Lipinski definition) is 2. The fraction of sp³-hybridized carbons (Fsp3) is 0.286. The molecule has 0 bridgehead atoms. The molecule has 0 fully saturated rings. The maximum Gasteiger partial charge on any atom is 0.198 e. The highest BCUT2D eigenvalue weighted by molar-refractivity contribution is 6.31. The van der Waals surface area contributed by atoms with Crippen LogP contribution in [0.2, 0.25) is 5.02 Å². The number of pyridine rings is 1. The minimum Gasteiger partial charge on any atom is -0.354 e. The predicted molar refractivity (Wildman–Crippen MR) is 105 cm³/mol. The van der Waals surface area contributed by atoms with Crippen LogP contribution >= 0.6 is 11.6 Å². The number of aromatic amines is 1. The fourth-order valence-corrected chi connectivity index (χ4v) is 3.36. The molecule has 3 rings (SSSR count). The number of quaternary nitrogens is 1. The van der Waals surface area contributed by atoms with Gasteiger partial charge in [0.1, 0.15) is 6.54 Å². The van der Waals surface area contributed by atoms with Gasteiger partial charge in [0.05, 0.1) is 24.8 Å². The quantitative estimate of drug-likeness (QED) is 0.695. The molecule has 0 saturated heterocycles. The van der Waals surface area contributed by atoms with Crippen molar-refractivity contribution in [2.45, 2.75) is 26.3 Å². The first-order valence-electron chi connectivity index (χ1n) is 8.81. The van der Waals surface area contributed by atoms with Gasteiger partial charge in [-0.3, -0.25) is 4.79 Å². The van der Waals surface area contributed by atoms with Crippen molar-refractivity contribution < 1.29 is 4.90 Å². The minimum atomic E-state index is 0.0750. The summed E-state index contributed by atoms with van der Waals surface area (Å²) in [7, 11) is 2.14. The molecule has 25 heavy (non-hydrogen) atoms. The van der Waals surface area contributed by atoms with Crippen LogP contribution in [-0.4, -0.2) is 18.6 Å². The molecule has 1 aromatic heterocycles. The van der Waals surface area contributed by atoms with Crippen molar-refractivity contribution >= 4 is 22.5 Å². The van der Waals surface area contributed by atoms with Gasteiger partial charge in [-0.05, 0) is 30.2 Å². The molecule has 0 spiro atoms. The lowest BCUT2D eigenvalue weighted by Crippen LogP contribution is -3.07. The molecule has 0 aliphatic heterocycles. The maximum atomic E-state index is 13.2. The number of aromatic nitrogens is 1. The highest BCUT2D eigenvalue weighted by Gasteiger charge is 2.17. The molecule has 0 saturated carbocycles. The SMILES string of the molecule is CCCC[NH+](C)Cc1c(-c2ccccc2)[nH]c2ccc(Cl)cc2c1=O. The molecule has 3 aromatic rings. The van der Waals surface area contributed by atoms with Gasteiger partial charge >= 0.3 is 0 Å². The van der Waals surface area contributed by atoms with Gasteiger partial charge < -0.3 is 9.88 Å². The zero-order valence-electron chi connectivity index (χ0n) is 14.7. The third-order valence-electron chi connectivity index (χ3n) is 4.56. The second-order valence-electron chi connectivity index (χ2n) is 6.60. The summed E-state index contributed by atoms with van der Waals surface area (Å²) < 4.78 is 0. The summed E-state index contributed by atoms with van der Waals surface area (Å²) in [5.41, 5.74) is 3.68. The highest BCUT2D eigenvalue weighted by Crippen LogP contribution is 2.23. The Morgan fingerprint density at radius 1 is 1.12 bits per heavy atom. The topological polar surface area (TPSA) is 37.3 Å². The zero-order valence-corrected chi connectivity index (χ0v) is 15.5. The van der Waals surface area contributed by atoms with Gasteiger partial charge in [0.25, 0.3) is 0 Å². The minimum absolute atomic E-state index is 0.0750. The van der Waals surface area contributed by atoms with Crippen LogP contribution in [0.1, 0.15) is 25.3 Å². The number of fused-ring (bicyclic) bond motifs is 1. The number of rotatable bonds is 6. The standard InChI is InChI=1S/C21H23ClN2O/c1-3-4-12-24(2)14-18-20(15-8-6-5-7-9-15)23-19-11-10-16(22)13-17(19)21(18)25/h5-11,13H,3-4,12,14H2,1-2H3,(H,23,25)/p+1. The lowest BCUT2D eigenvalue weighted by Gasteiger charge is -2.17. The zero-order chi connectivity index (χ0) is 17.8. The van der Waals surface area contributed by atoms with E-state index in [1.165, 1.54) is 4.90 Å². The summed E-state index contributed by atoms with van der Waals surface area (Å²) in [5, 5.41) is 1.24. The van der Waals surface area contributed by atoms with E-state index in [1.54, 1.807) is 6.07 Å². The van der Waals surface area contributed by atoms with Crippen molar-refractivity contribution in [1.82, 2.24) is 4.98 Å². The van der Waals surface area contributed by atoms with Crippen molar-refractivity contribution in [3.8, 4) is 11.3 Å². The Morgan fingerprint density at radius 2 is 1.88 bits per heavy atom. The van der Waals surface area contributed by atoms with E-state index in [-0.39, 0.29) is 5.43 Å². The Bertz CT molecular complexity index is 918. The average Bonchev–Trinajstić information content (AvgIpc) is 2.63. The first-order chi connectivity index (χ1) is 12.1. The second kappa shape index (κ2) is 7.85. The summed E-state index contributed by atoms with van der Waals surface area (Å²) in [5.74, 6) is 0. The number of benzene rings is 2. The van der Waals surface area contributed by atoms with Crippen LogP contribution in [0.25, 0.3) is 22.2 Å². The van der Waals surface area contributed by atoms with Crippen LogP contribution in [0.5, 0.6) is 0 Å². The molecule has 0 aliphatic carbocycles. The summed E-state index contributed by atoms with van der Waals surface area (Å²) >= 11 is 6.12. The van der Waals surface area contributed by atoms with E-state index in [0.717, 1.165) is 41.7 Å². The molecule has 1 heterocycles. The second-order valence-corrected chi connectivity index (χ2v) is 7.04. The Hall–Kier alpha value is -2.10. The molecular formula is C21H24ClN2O+. The first-order valence-corrected chi connectivity index (χ1v) is 9.19. The van der Waals surface area contributed by atoms with Crippen molar-refractivity contribution in [2.75, 3.05) is 13.6 Å². The van der Waals surface area contributed by atoms with Crippen LogP contribution in [0.4, 0.5) is 0 Å². The van der Waals surface area contributed by atoms with Gasteiger partial charge in [-0.25, -0.2) is 0 Å². The molecule has 0 aliphatic rings. The van der Waals surface area contributed by atoms with Gasteiger partial charge in [-0.15, -0.1) is 0 Å². The van der Waals surface area contributed by atoms with Gasteiger partial charge in [0.15, 0.2) is 5.43 Å². The molecule has 1 unspecified atom stereocenters. The van der Waals surface area contributed by atoms with Crippen molar-refractivity contribution in [3.63, 3.8) is 0 Å². The van der Waals surface area contributed by atoms with E-state index in [1.807, 2.05) is 42.5 Å². The average molecular weight is 356 g/mol. The van der Waals surface area contributed by atoms with Crippen LogP contribution in [0, 0.1) is 0 Å². The molecular weight excluding hydrogens is 332 g/mol.